The summed E-state index contributed by atoms with van der Waals surface area (Å²) in [6, 6.07) is 9.84. The predicted molar refractivity (Wildman–Crippen MR) is 88.7 cm³/mol. The average Bonchev–Trinajstić information content (AvgIpc) is 3.06. The first kappa shape index (κ1) is 15.7. The smallest absolute Gasteiger partial charge is 0.318 e. The summed E-state index contributed by atoms with van der Waals surface area (Å²) in [4.78, 5) is 36.9. The zero-order valence-corrected chi connectivity index (χ0v) is 14.4. The number of nitrogens with one attached hydrogen (secondary N) is 2. The van der Waals surface area contributed by atoms with Crippen molar-refractivity contribution in [3.63, 3.8) is 0 Å². The molecular formula is C15H12BrN3O3S. The average molecular weight is 394 g/mol. The van der Waals surface area contributed by atoms with Gasteiger partial charge in [0.1, 0.15) is 5.54 Å². The molecule has 0 spiro atoms. The Hall–Kier alpha value is -2.19. The van der Waals surface area contributed by atoms with Crippen molar-refractivity contribution < 1.29 is 14.4 Å². The number of nitrogens with zero attached hydrogens (tertiary/aromatic N) is 1. The highest BCUT2D eigenvalue weighted by atomic mass is 79.9. The molecule has 1 aromatic heterocycles. The maximum atomic E-state index is 12.6. The van der Waals surface area contributed by atoms with Crippen molar-refractivity contribution >= 4 is 45.1 Å². The van der Waals surface area contributed by atoms with Gasteiger partial charge in [-0.3, -0.25) is 15.0 Å². The molecule has 0 aliphatic carbocycles. The summed E-state index contributed by atoms with van der Waals surface area (Å²) in [5.74, 6) is -1.05. The van der Waals surface area contributed by atoms with Crippen LogP contribution in [0.4, 0.5) is 4.79 Å². The van der Waals surface area contributed by atoms with E-state index in [2.05, 4.69) is 26.7 Å². The lowest BCUT2D eigenvalue weighted by molar-refractivity contribution is -0.132. The third-order valence-corrected chi connectivity index (χ3v) is 5.09. The summed E-state index contributed by atoms with van der Waals surface area (Å²) in [6.07, 6.45) is 0. The molecule has 6 nitrogen and oxygen atoms in total. The number of imide groups is 1. The van der Waals surface area contributed by atoms with Gasteiger partial charge in [-0.25, -0.2) is 4.79 Å². The summed E-state index contributed by atoms with van der Waals surface area (Å²) >= 11 is 4.60. The normalized spacial score (nSPS) is 20.5. The lowest BCUT2D eigenvalue weighted by atomic mass is 9.92. The molecule has 1 aliphatic rings. The minimum atomic E-state index is -1.21. The van der Waals surface area contributed by atoms with Gasteiger partial charge in [-0.2, -0.15) is 5.01 Å². The standard InChI is InChI=1S/C15H12BrN3O3S/c1-15(10-5-3-2-4-6-10)13(21)19(14(22)17-15)18-12(20)9-7-11(16)23-8-9/h2-8H,1H3,(H,17,22)(H,18,20)/t15-/m1/s1. The van der Waals surface area contributed by atoms with Crippen LogP contribution in [0.1, 0.15) is 22.8 Å². The number of urea groups is 1. The molecule has 8 heteroatoms. The molecule has 2 aromatic rings. The van der Waals surface area contributed by atoms with Gasteiger partial charge in [0.2, 0.25) is 0 Å². The van der Waals surface area contributed by atoms with Crippen LogP contribution in [0.15, 0.2) is 45.6 Å². The predicted octanol–water partition coefficient (Wildman–Crippen LogP) is 2.62. The number of halogens is 1. The van der Waals surface area contributed by atoms with Crippen molar-refractivity contribution in [3.8, 4) is 0 Å². The fraction of sp³-hybridized carbons (Fsp3) is 0.133. The Labute approximate surface area is 144 Å². The number of carbonyl (C=O) groups is 3. The molecule has 1 aromatic carbocycles. The number of amides is 4. The zero-order valence-electron chi connectivity index (χ0n) is 12.0. The van der Waals surface area contributed by atoms with E-state index in [1.54, 1.807) is 42.6 Å². The Bertz CT molecular complexity index is 792. The summed E-state index contributed by atoms with van der Waals surface area (Å²) in [5.41, 5.74) is 2.16. The van der Waals surface area contributed by atoms with Crippen LogP contribution in [0, 0.1) is 0 Å². The van der Waals surface area contributed by atoms with E-state index in [0.717, 1.165) is 8.80 Å². The van der Waals surface area contributed by atoms with E-state index < -0.39 is 23.4 Å². The van der Waals surface area contributed by atoms with Crippen LogP contribution in [0.25, 0.3) is 0 Å². The van der Waals surface area contributed by atoms with Crippen molar-refractivity contribution in [2.45, 2.75) is 12.5 Å². The Morgan fingerprint density at radius 3 is 2.61 bits per heavy atom. The summed E-state index contributed by atoms with van der Waals surface area (Å²) in [7, 11) is 0. The molecule has 2 N–H and O–H groups in total. The molecule has 1 saturated heterocycles. The molecule has 4 amide bonds. The largest absolute Gasteiger partial charge is 0.344 e. The maximum Gasteiger partial charge on any atom is 0.344 e. The minimum Gasteiger partial charge on any atom is -0.318 e. The lowest BCUT2D eigenvalue weighted by Gasteiger charge is -2.22. The SMILES string of the molecule is C[C@]1(c2ccccc2)NC(=O)N(NC(=O)c2csc(Br)c2)C1=O. The fourth-order valence-electron chi connectivity index (χ4n) is 2.30. The molecule has 1 atom stereocenters. The number of carbonyl (C=O) groups excluding carboxylic acids is 3. The molecule has 2 heterocycles. The highest BCUT2D eigenvalue weighted by Crippen LogP contribution is 2.28. The van der Waals surface area contributed by atoms with Gasteiger partial charge < -0.3 is 5.32 Å². The third-order valence-electron chi connectivity index (χ3n) is 3.58. The molecule has 1 fully saturated rings. The van der Waals surface area contributed by atoms with Crippen molar-refractivity contribution in [3.05, 3.63) is 56.7 Å². The number of rotatable bonds is 3. The molecule has 1 aliphatic heterocycles. The van der Waals surface area contributed by atoms with Crippen LogP contribution >= 0.6 is 27.3 Å². The first-order valence-corrected chi connectivity index (χ1v) is 8.36. The Morgan fingerprint density at radius 1 is 1.30 bits per heavy atom. The van der Waals surface area contributed by atoms with Gasteiger partial charge in [-0.1, -0.05) is 30.3 Å². The van der Waals surface area contributed by atoms with E-state index in [4.69, 9.17) is 0 Å². The molecule has 0 unspecified atom stereocenters. The Morgan fingerprint density at radius 2 is 2.00 bits per heavy atom. The number of hydrogen-bond donors (Lipinski definition) is 2. The number of thiophene rings is 1. The molecule has 118 valence electrons. The number of benzene rings is 1. The van der Waals surface area contributed by atoms with Crippen molar-refractivity contribution in [2.75, 3.05) is 0 Å². The van der Waals surface area contributed by atoms with Gasteiger partial charge in [0.25, 0.3) is 11.8 Å². The van der Waals surface area contributed by atoms with Gasteiger partial charge in [0, 0.05) is 5.38 Å². The van der Waals surface area contributed by atoms with Crippen LogP contribution in [0.5, 0.6) is 0 Å². The monoisotopic (exact) mass is 393 g/mol. The Balaban J connectivity index is 1.83. The van der Waals surface area contributed by atoms with Gasteiger partial charge in [-0.05, 0) is 34.5 Å². The van der Waals surface area contributed by atoms with E-state index in [0.29, 0.717) is 11.1 Å². The van der Waals surface area contributed by atoms with E-state index in [1.807, 2.05) is 6.07 Å². The summed E-state index contributed by atoms with van der Waals surface area (Å²) in [6.45, 7) is 1.61. The van der Waals surface area contributed by atoms with Gasteiger partial charge in [0.15, 0.2) is 0 Å². The molecule has 23 heavy (non-hydrogen) atoms. The van der Waals surface area contributed by atoms with Crippen molar-refractivity contribution in [1.82, 2.24) is 15.8 Å². The first-order valence-electron chi connectivity index (χ1n) is 6.69. The topological polar surface area (TPSA) is 78.5 Å². The highest BCUT2D eigenvalue weighted by molar-refractivity contribution is 9.11. The van der Waals surface area contributed by atoms with Gasteiger partial charge >= 0.3 is 6.03 Å². The molecule has 0 bridgehead atoms. The molecule has 3 rings (SSSR count). The first-order chi connectivity index (χ1) is 10.9. The number of hydrogen-bond acceptors (Lipinski definition) is 4. The fourth-order valence-corrected chi connectivity index (χ4v) is 3.44. The second-order valence-corrected chi connectivity index (χ2v) is 7.43. The van der Waals surface area contributed by atoms with E-state index in [-0.39, 0.29) is 0 Å². The van der Waals surface area contributed by atoms with Gasteiger partial charge in [0.05, 0.1) is 9.35 Å². The minimum absolute atomic E-state index is 0.371. The van der Waals surface area contributed by atoms with E-state index in [1.165, 1.54) is 11.3 Å². The van der Waals surface area contributed by atoms with Crippen LogP contribution in [0.2, 0.25) is 0 Å². The van der Waals surface area contributed by atoms with Crippen LogP contribution < -0.4 is 10.7 Å². The maximum absolute atomic E-state index is 12.6. The van der Waals surface area contributed by atoms with E-state index >= 15 is 0 Å². The molecular weight excluding hydrogens is 382 g/mol. The van der Waals surface area contributed by atoms with Crippen molar-refractivity contribution in [2.24, 2.45) is 0 Å². The second-order valence-electron chi connectivity index (χ2n) is 5.14. The van der Waals surface area contributed by atoms with Crippen LogP contribution in [0.3, 0.4) is 0 Å². The van der Waals surface area contributed by atoms with Crippen LogP contribution in [-0.4, -0.2) is 22.9 Å². The molecule has 0 radical (unpaired) electrons. The Kier molecular flexibility index (Phi) is 3.95. The lowest BCUT2D eigenvalue weighted by Crippen LogP contribution is -2.47. The van der Waals surface area contributed by atoms with E-state index in [9.17, 15) is 14.4 Å². The highest BCUT2D eigenvalue weighted by Gasteiger charge is 2.50. The number of hydrazine groups is 1. The summed E-state index contributed by atoms with van der Waals surface area (Å²) < 4.78 is 0.786. The second kappa shape index (κ2) is 5.78. The molecule has 0 saturated carbocycles. The zero-order chi connectivity index (χ0) is 16.6. The van der Waals surface area contributed by atoms with Crippen LogP contribution in [-0.2, 0) is 10.3 Å². The van der Waals surface area contributed by atoms with Crippen molar-refractivity contribution in [1.29, 1.82) is 0 Å². The summed E-state index contributed by atoms with van der Waals surface area (Å²) in [5, 5.41) is 4.98. The quantitative estimate of drug-likeness (QED) is 0.786. The third kappa shape index (κ3) is 2.75. The van der Waals surface area contributed by atoms with Gasteiger partial charge in [-0.15, -0.1) is 11.3 Å².